The highest BCUT2D eigenvalue weighted by molar-refractivity contribution is 7.91. The molecule has 0 aliphatic rings. The van der Waals surface area contributed by atoms with Crippen LogP contribution in [0.15, 0.2) is 0 Å². The molecular weight excluding hydrogens is 198 g/mol. The molecule has 3 atom stereocenters. The van der Waals surface area contributed by atoms with Gasteiger partial charge in [-0.05, 0) is 19.3 Å². The molecule has 3 nitrogen and oxygen atoms in total. The van der Waals surface area contributed by atoms with E-state index in [1.807, 2.05) is 0 Å². The maximum Gasteiger partial charge on any atom is 0.151 e. The highest BCUT2D eigenvalue weighted by atomic mass is 32.2. The second-order valence-electron chi connectivity index (χ2n) is 4.33. The SMILES string of the molecule is CCCC(C)CC(N)C(C)S(C)(=O)=O. The van der Waals surface area contributed by atoms with Crippen LogP contribution in [-0.4, -0.2) is 26.0 Å². The van der Waals surface area contributed by atoms with Crippen LogP contribution in [0, 0.1) is 5.92 Å². The molecule has 4 heteroatoms. The molecule has 0 fully saturated rings. The average Bonchev–Trinajstić information content (AvgIpc) is 2.01. The smallest absolute Gasteiger partial charge is 0.151 e. The van der Waals surface area contributed by atoms with Crippen LogP contribution in [0.25, 0.3) is 0 Å². The number of hydrogen-bond acceptors (Lipinski definition) is 3. The molecule has 0 rings (SSSR count). The first-order valence-electron chi connectivity index (χ1n) is 5.23. The molecule has 0 saturated heterocycles. The maximum absolute atomic E-state index is 11.2. The Morgan fingerprint density at radius 1 is 1.29 bits per heavy atom. The van der Waals surface area contributed by atoms with Crippen molar-refractivity contribution in [1.82, 2.24) is 0 Å². The van der Waals surface area contributed by atoms with Gasteiger partial charge < -0.3 is 5.73 Å². The van der Waals surface area contributed by atoms with Gasteiger partial charge in [0.15, 0.2) is 9.84 Å². The largest absolute Gasteiger partial charge is 0.327 e. The van der Waals surface area contributed by atoms with E-state index in [2.05, 4.69) is 13.8 Å². The summed E-state index contributed by atoms with van der Waals surface area (Å²) in [5, 5.41) is -0.429. The standard InChI is InChI=1S/C10H23NO2S/c1-5-6-8(2)7-10(11)9(3)14(4,12)13/h8-10H,5-7,11H2,1-4H3. The van der Waals surface area contributed by atoms with E-state index in [9.17, 15) is 8.42 Å². The molecule has 0 aliphatic heterocycles. The molecular formula is C10H23NO2S. The number of nitrogens with two attached hydrogens (primary N) is 1. The minimum absolute atomic E-state index is 0.230. The fourth-order valence-corrected chi connectivity index (χ4v) is 2.33. The Bertz CT molecular complexity index is 249. The Hall–Kier alpha value is -0.0900. The highest BCUT2D eigenvalue weighted by Gasteiger charge is 2.23. The first kappa shape index (κ1) is 13.9. The van der Waals surface area contributed by atoms with Crippen LogP contribution in [0.2, 0.25) is 0 Å². The zero-order chi connectivity index (χ0) is 11.4. The summed E-state index contributed by atoms with van der Waals surface area (Å²) in [5.74, 6) is 0.513. The van der Waals surface area contributed by atoms with Crippen molar-refractivity contribution in [2.75, 3.05) is 6.26 Å². The normalized spacial score (nSPS) is 18.9. The Morgan fingerprint density at radius 2 is 1.79 bits per heavy atom. The molecule has 86 valence electrons. The molecule has 14 heavy (non-hydrogen) atoms. The molecule has 2 N–H and O–H groups in total. The van der Waals surface area contributed by atoms with Gasteiger partial charge in [0.25, 0.3) is 0 Å². The third-order valence-corrected chi connectivity index (χ3v) is 4.43. The van der Waals surface area contributed by atoms with Crippen molar-refractivity contribution >= 4 is 9.84 Å². The van der Waals surface area contributed by atoms with E-state index >= 15 is 0 Å². The molecule has 0 bridgehead atoms. The third-order valence-electron chi connectivity index (χ3n) is 2.73. The minimum Gasteiger partial charge on any atom is -0.327 e. The summed E-state index contributed by atoms with van der Waals surface area (Å²) >= 11 is 0. The lowest BCUT2D eigenvalue weighted by molar-refractivity contribution is 0.425. The van der Waals surface area contributed by atoms with Crippen molar-refractivity contribution in [2.45, 2.75) is 51.3 Å². The molecule has 0 aromatic heterocycles. The second-order valence-corrected chi connectivity index (χ2v) is 6.73. The van der Waals surface area contributed by atoms with E-state index in [0.717, 1.165) is 19.3 Å². The lowest BCUT2D eigenvalue weighted by Crippen LogP contribution is -2.39. The first-order valence-corrected chi connectivity index (χ1v) is 7.19. The van der Waals surface area contributed by atoms with Crippen LogP contribution in [0.5, 0.6) is 0 Å². The summed E-state index contributed by atoms with van der Waals surface area (Å²) in [5.41, 5.74) is 5.86. The zero-order valence-electron chi connectivity index (χ0n) is 9.66. The highest BCUT2D eigenvalue weighted by Crippen LogP contribution is 2.15. The van der Waals surface area contributed by atoms with E-state index in [4.69, 9.17) is 5.73 Å². The number of sulfone groups is 1. The van der Waals surface area contributed by atoms with Gasteiger partial charge in [-0.1, -0.05) is 26.7 Å². The maximum atomic E-state index is 11.2. The first-order chi connectivity index (χ1) is 6.29. The molecule has 0 aromatic carbocycles. The minimum atomic E-state index is -2.99. The van der Waals surface area contributed by atoms with Gasteiger partial charge in [0.2, 0.25) is 0 Å². The van der Waals surface area contributed by atoms with Gasteiger partial charge in [0, 0.05) is 12.3 Å². The predicted octanol–water partition coefficient (Wildman–Crippen LogP) is 1.57. The van der Waals surface area contributed by atoms with Crippen LogP contribution < -0.4 is 5.73 Å². The van der Waals surface area contributed by atoms with Crippen molar-refractivity contribution in [3.05, 3.63) is 0 Å². The fourth-order valence-electron chi connectivity index (χ4n) is 1.58. The van der Waals surface area contributed by atoms with Gasteiger partial charge in [0.1, 0.15) is 0 Å². The van der Waals surface area contributed by atoms with Crippen LogP contribution in [0.3, 0.4) is 0 Å². The van der Waals surface area contributed by atoms with Gasteiger partial charge in [-0.2, -0.15) is 0 Å². The third kappa shape index (κ3) is 4.96. The topological polar surface area (TPSA) is 60.2 Å². The van der Waals surface area contributed by atoms with Gasteiger partial charge in [-0.3, -0.25) is 0 Å². The Balaban J connectivity index is 4.14. The van der Waals surface area contributed by atoms with Gasteiger partial charge >= 0.3 is 0 Å². The zero-order valence-corrected chi connectivity index (χ0v) is 10.5. The van der Waals surface area contributed by atoms with Crippen molar-refractivity contribution < 1.29 is 8.42 Å². The Kier molecular flexibility index (Phi) is 5.67. The van der Waals surface area contributed by atoms with Crippen LogP contribution in [-0.2, 0) is 9.84 Å². The van der Waals surface area contributed by atoms with Crippen molar-refractivity contribution in [2.24, 2.45) is 11.7 Å². The quantitative estimate of drug-likeness (QED) is 0.740. The Morgan fingerprint density at radius 3 is 2.14 bits per heavy atom. The summed E-state index contributed by atoms with van der Waals surface area (Å²) in [6.07, 6.45) is 4.29. The monoisotopic (exact) mass is 221 g/mol. The van der Waals surface area contributed by atoms with Crippen molar-refractivity contribution in [3.8, 4) is 0 Å². The lowest BCUT2D eigenvalue weighted by Gasteiger charge is -2.21. The van der Waals surface area contributed by atoms with Crippen LogP contribution >= 0.6 is 0 Å². The summed E-state index contributed by atoms with van der Waals surface area (Å²) < 4.78 is 22.5. The van der Waals surface area contributed by atoms with E-state index in [1.54, 1.807) is 6.92 Å². The molecule has 0 saturated carbocycles. The van der Waals surface area contributed by atoms with Crippen molar-refractivity contribution in [3.63, 3.8) is 0 Å². The van der Waals surface area contributed by atoms with Crippen LogP contribution in [0.1, 0.15) is 40.0 Å². The lowest BCUT2D eigenvalue weighted by atomic mass is 9.96. The molecule has 0 aromatic rings. The molecule has 3 unspecified atom stereocenters. The molecule has 0 radical (unpaired) electrons. The van der Waals surface area contributed by atoms with E-state index in [-0.39, 0.29) is 6.04 Å². The number of hydrogen-bond donors (Lipinski definition) is 1. The van der Waals surface area contributed by atoms with Gasteiger partial charge in [-0.15, -0.1) is 0 Å². The summed E-state index contributed by atoms with van der Waals surface area (Å²) in [6.45, 7) is 5.94. The van der Waals surface area contributed by atoms with Gasteiger partial charge in [0.05, 0.1) is 5.25 Å². The average molecular weight is 221 g/mol. The molecule has 0 aliphatic carbocycles. The van der Waals surface area contributed by atoms with E-state index in [1.165, 1.54) is 6.26 Å². The molecule has 0 spiro atoms. The molecule has 0 heterocycles. The molecule has 0 amide bonds. The van der Waals surface area contributed by atoms with E-state index in [0.29, 0.717) is 5.92 Å². The second kappa shape index (κ2) is 5.71. The fraction of sp³-hybridized carbons (Fsp3) is 1.00. The van der Waals surface area contributed by atoms with Crippen LogP contribution in [0.4, 0.5) is 0 Å². The van der Waals surface area contributed by atoms with Gasteiger partial charge in [-0.25, -0.2) is 8.42 Å². The van der Waals surface area contributed by atoms with E-state index < -0.39 is 15.1 Å². The number of rotatable bonds is 6. The van der Waals surface area contributed by atoms with Crippen molar-refractivity contribution in [1.29, 1.82) is 0 Å². The Labute approximate surface area is 88.0 Å². The predicted molar refractivity (Wildman–Crippen MR) is 61.0 cm³/mol. The summed E-state index contributed by atoms with van der Waals surface area (Å²) in [7, 11) is -2.99. The summed E-state index contributed by atoms with van der Waals surface area (Å²) in [4.78, 5) is 0. The summed E-state index contributed by atoms with van der Waals surface area (Å²) in [6, 6.07) is -0.230.